The number of primary amides is 1. The highest BCUT2D eigenvalue weighted by molar-refractivity contribution is 5.92. The van der Waals surface area contributed by atoms with Crippen molar-refractivity contribution < 1.29 is 23.9 Å². The van der Waals surface area contributed by atoms with E-state index in [1.54, 1.807) is 45.0 Å². The van der Waals surface area contributed by atoms with E-state index in [0.717, 1.165) is 12.8 Å². The topological polar surface area (TPSA) is 131 Å². The van der Waals surface area contributed by atoms with Crippen LogP contribution in [0, 0.1) is 12.3 Å². The molecule has 198 valence electrons. The third kappa shape index (κ3) is 9.98. The van der Waals surface area contributed by atoms with Crippen LogP contribution in [0.3, 0.4) is 0 Å². The van der Waals surface area contributed by atoms with Crippen LogP contribution in [0.25, 0.3) is 0 Å². The predicted octanol–water partition coefficient (Wildman–Crippen LogP) is 3.02. The fourth-order valence-corrected chi connectivity index (χ4v) is 3.60. The summed E-state index contributed by atoms with van der Waals surface area (Å²) in [4.78, 5) is 52.7. The van der Waals surface area contributed by atoms with E-state index in [1.807, 2.05) is 13.8 Å². The molecule has 0 aliphatic rings. The molecule has 0 spiro atoms. The van der Waals surface area contributed by atoms with Gasteiger partial charge in [0.1, 0.15) is 17.7 Å². The van der Waals surface area contributed by atoms with Crippen LogP contribution in [0.5, 0.6) is 0 Å². The summed E-state index contributed by atoms with van der Waals surface area (Å²) in [5, 5.41) is 5.46. The van der Waals surface area contributed by atoms with Crippen molar-refractivity contribution in [2.45, 2.75) is 84.4 Å². The normalized spacial score (nSPS) is 12.6. The first-order valence-corrected chi connectivity index (χ1v) is 12.4. The Balaban J connectivity index is 3.47. The molecular weight excluding hydrogens is 460 g/mol. The molecule has 0 saturated carbocycles. The Labute approximate surface area is 214 Å². The van der Waals surface area contributed by atoms with Crippen LogP contribution in [0.15, 0.2) is 24.3 Å². The number of hydrogen-bond donors (Lipinski definition) is 3. The lowest BCUT2D eigenvalue weighted by Gasteiger charge is -2.34. The molecule has 4 amide bonds. The van der Waals surface area contributed by atoms with Crippen molar-refractivity contribution in [3.63, 3.8) is 0 Å². The summed E-state index contributed by atoms with van der Waals surface area (Å²) >= 11 is 0. The van der Waals surface area contributed by atoms with Crippen LogP contribution in [0.4, 0.5) is 4.79 Å². The number of benzene rings is 1. The van der Waals surface area contributed by atoms with Crippen molar-refractivity contribution in [2.24, 2.45) is 5.73 Å². The zero-order valence-corrected chi connectivity index (χ0v) is 22.1. The lowest BCUT2D eigenvalue weighted by Crippen LogP contribution is -2.53. The molecule has 0 bridgehead atoms. The molecule has 0 radical (unpaired) electrons. The lowest BCUT2D eigenvalue weighted by molar-refractivity contribution is -0.142. The Hall–Kier alpha value is -3.54. The van der Waals surface area contributed by atoms with Crippen molar-refractivity contribution in [3.8, 4) is 12.3 Å². The van der Waals surface area contributed by atoms with Crippen LogP contribution in [0.1, 0.15) is 83.9 Å². The number of carbonyl (C=O) groups excluding carboxylic acids is 4. The number of ether oxygens (including phenoxy) is 1. The minimum atomic E-state index is -1.14. The van der Waals surface area contributed by atoms with Crippen LogP contribution in [0.2, 0.25) is 0 Å². The average molecular weight is 501 g/mol. The molecule has 0 saturated heterocycles. The Morgan fingerprint density at radius 1 is 1.14 bits per heavy atom. The highest BCUT2D eigenvalue weighted by Crippen LogP contribution is 2.26. The van der Waals surface area contributed by atoms with Crippen molar-refractivity contribution in [1.82, 2.24) is 15.5 Å². The molecule has 0 aliphatic carbocycles. The van der Waals surface area contributed by atoms with Gasteiger partial charge in [0, 0.05) is 25.1 Å². The van der Waals surface area contributed by atoms with Gasteiger partial charge >= 0.3 is 6.09 Å². The summed E-state index contributed by atoms with van der Waals surface area (Å²) in [5.41, 5.74) is 5.51. The number of unbranched alkanes of at least 4 members (excludes halogenated alkanes) is 1. The van der Waals surface area contributed by atoms with Gasteiger partial charge in [0.25, 0.3) is 0 Å². The van der Waals surface area contributed by atoms with Crippen molar-refractivity contribution in [1.29, 1.82) is 0 Å². The van der Waals surface area contributed by atoms with Gasteiger partial charge in [-0.3, -0.25) is 14.4 Å². The average Bonchev–Trinajstić information content (AvgIpc) is 2.80. The van der Waals surface area contributed by atoms with Crippen LogP contribution in [-0.2, 0) is 19.1 Å². The maximum Gasteiger partial charge on any atom is 0.408 e. The zero-order valence-electron chi connectivity index (χ0n) is 22.1. The Bertz CT molecular complexity index is 948. The van der Waals surface area contributed by atoms with Crippen molar-refractivity contribution in [2.75, 3.05) is 13.1 Å². The summed E-state index contributed by atoms with van der Waals surface area (Å²) in [6, 6.07) is 4.77. The van der Waals surface area contributed by atoms with E-state index in [1.165, 1.54) is 4.90 Å². The fraction of sp³-hybridized carbons (Fsp3) is 0.556. The standard InChI is InChI=1S/C27H40N4O5/c1-7-10-17-29-24(33)23(20-14-12-11-13-19(20)9-3)31(18-8-2)25(34)21(15-16-22(28)32)30-26(35)36-27(4,5)6/h3,11-14,21,23H,7-8,10,15-18H2,1-2,4-6H3,(H2,28,32)(H,29,33)(H,30,35). The molecule has 2 atom stereocenters. The number of rotatable bonds is 13. The monoisotopic (exact) mass is 500 g/mol. The molecule has 0 aliphatic heterocycles. The second-order valence-electron chi connectivity index (χ2n) is 9.51. The van der Waals surface area contributed by atoms with E-state index in [-0.39, 0.29) is 25.3 Å². The molecular formula is C27H40N4O5. The van der Waals surface area contributed by atoms with Gasteiger partial charge in [-0.05, 0) is 51.7 Å². The van der Waals surface area contributed by atoms with Gasteiger partial charge in [-0.1, -0.05) is 44.4 Å². The first-order chi connectivity index (χ1) is 16.9. The van der Waals surface area contributed by atoms with Crippen molar-refractivity contribution >= 4 is 23.8 Å². The number of alkyl carbamates (subject to hydrolysis) is 1. The number of amides is 4. The fourth-order valence-electron chi connectivity index (χ4n) is 3.60. The highest BCUT2D eigenvalue weighted by Gasteiger charge is 2.36. The first-order valence-electron chi connectivity index (χ1n) is 12.4. The smallest absolute Gasteiger partial charge is 0.408 e. The van der Waals surface area contributed by atoms with Gasteiger partial charge < -0.3 is 26.0 Å². The van der Waals surface area contributed by atoms with Crippen molar-refractivity contribution in [3.05, 3.63) is 35.4 Å². The molecule has 0 heterocycles. The van der Waals surface area contributed by atoms with Crippen LogP contribution in [-0.4, -0.2) is 53.4 Å². The number of nitrogens with two attached hydrogens (primary N) is 1. The highest BCUT2D eigenvalue weighted by atomic mass is 16.6. The van der Waals surface area contributed by atoms with E-state index in [4.69, 9.17) is 16.9 Å². The molecule has 1 aromatic carbocycles. The Morgan fingerprint density at radius 3 is 2.36 bits per heavy atom. The molecule has 4 N–H and O–H groups in total. The molecule has 1 aromatic rings. The maximum atomic E-state index is 13.9. The van der Waals surface area contributed by atoms with Crippen LogP contribution < -0.4 is 16.4 Å². The predicted molar refractivity (Wildman–Crippen MR) is 139 cm³/mol. The van der Waals surface area contributed by atoms with E-state index in [0.29, 0.717) is 24.1 Å². The summed E-state index contributed by atoms with van der Waals surface area (Å²) in [7, 11) is 0. The van der Waals surface area contributed by atoms with Gasteiger partial charge in [0.2, 0.25) is 17.7 Å². The Morgan fingerprint density at radius 2 is 1.81 bits per heavy atom. The third-order valence-electron chi connectivity index (χ3n) is 5.22. The van der Waals surface area contributed by atoms with Gasteiger partial charge in [0.05, 0.1) is 0 Å². The molecule has 0 fully saturated rings. The molecule has 36 heavy (non-hydrogen) atoms. The first kappa shape index (κ1) is 30.5. The minimum Gasteiger partial charge on any atom is -0.444 e. The third-order valence-corrected chi connectivity index (χ3v) is 5.22. The van der Waals surface area contributed by atoms with Gasteiger partial charge in [-0.15, -0.1) is 6.42 Å². The summed E-state index contributed by atoms with van der Waals surface area (Å²) in [6.45, 7) is 9.64. The quantitative estimate of drug-likeness (QED) is 0.283. The zero-order chi connectivity index (χ0) is 27.3. The number of nitrogens with one attached hydrogen (secondary N) is 2. The molecule has 9 nitrogen and oxygen atoms in total. The number of carbonyl (C=O) groups is 4. The van der Waals surface area contributed by atoms with E-state index in [2.05, 4.69) is 16.6 Å². The van der Waals surface area contributed by atoms with Gasteiger partial charge in [-0.2, -0.15) is 0 Å². The van der Waals surface area contributed by atoms with E-state index < -0.39 is 35.6 Å². The van der Waals surface area contributed by atoms with E-state index in [9.17, 15) is 19.2 Å². The number of terminal acetylenes is 1. The number of nitrogens with zero attached hydrogens (tertiary/aromatic N) is 1. The van der Waals surface area contributed by atoms with Gasteiger partial charge in [-0.25, -0.2) is 4.79 Å². The van der Waals surface area contributed by atoms with Gasteiger partial charge in [0.15, 0.2) is 0 Å². The Kier molecular flexibility index (Phi) is 12.5. The van der Waals surface area contributed by atoms with E-state index >= 15 is 0 Å². The molecule has 0 aromatic heterocycles. The SMILES string of the molecule is C#Cc1ccccc1C(C(=O)NCCCC)N(CCC)C(=O)C(CCC(N)=O)NC(=O)OC(C)(C)C. The molecule has 1 rings (SSSR count). The summed E-state index contributed by atoms with van der Waals surface area (Å²) in [6.07, 6.45) is 6.92. The minimum absolute atomic E-state index is 0.0470. The second-order valence-corrected chi connectivity index (χ2v) is 9.51. The lowest BCUT2D eigenvalue weighted by atomic mass is 9.97. The maximum absolute atomic E-state index is 13.9. The summed E-state index contributed by atoms with van der Waals surface area (Å²) in [5.74, 6) is 1.06. The molecule has 9 heteroatoms. The second kappa shape index (κ2) is 14.8. The summed E-state index contributed by atoms with van der Waals surface area (Å²) < 4.78 is 5.32. The number of hydrogen-bond acceptors (Lipinski definition) is 5. The largest absolute Gasteiger partial charge is 0.444 e. The van der Waals surface area contributed by atoms with Crippen LogP contribution >= 0.6 is 0 Å². The molecule has 2 unspecified atom stereocenters.